The quantitative estimate of drug-likeness (QED) is 0.455. The van der Waals surface area contributed by atoms with Crippen molar-refractivity contribution in [3.05, 3.63) is 21.9 Å². The van der Waals surface area contributed by atoms with Crippen molar-refractivity contribution in [3.63, 3.8) is 0 Å². The Balaban J connectivity index is 1.71. The van der Waals surface area contributed by atoms with E-state index in [0.717, 1.165) is 38.7 Å². The molecule has 22 heavy (non-hydrogen) atoms. The van der Waals surface area contributed by atoms with Crippen LogP contribution in [0.2, 0.25) is 0 Å². The second kappa shape index (κ2) is 9.12. The zero-order valence-corrected chi connectivity index (χ0v) is 14.7. The number of guanidine groups is 1. The second-order valence-corrected chi connectivity index (χ2v) is 6.52. The van der Waals surface area contributed by atoms with Gasteiger partial charge in [-0.3, -0.25) is 9.89 Å². The standard InChI is InChI=1S/C16H28N4OS/c1-4-21-9-7-18-16(17-3)19-11-13(2)20-8-5-15-14(12-20)6-10-22-15/h6,10,13H,4-5,7-9,11-12H2,1-3H3,(H2,17,18,19). The lowest BCUT2D eigenvalue weighted by atomic mass is 10.1. The molecular weight excluding hydrogens is 296 g/mol. The lowest BCUT2D eigenvalue weighted by Crippen LogP contribution is -2.47. The number of thiophene rings is 1. The fraction of sp³-hybridized carbons (Fsp3) is 0.688. The summed E-state index contributed by atoms with van der Waals surface area (Å²) < 4.78 is 5.32. The van der Waals surface area contributed by atoms with Crippen LogP contribution in [0.1, 0.15) is 24.3 Å². The smallest absolute Gasteiger partial charge is 0.191 e. The molecule has 2 rings (SSSR count). The van der Waals surface area contributed by atoms with Gasteiger partial charge >= 0.3 is 0 Å². The summed E-state index contributed by atoms with van der Waals surface area (Å²) >= 11 is 1.89. The molecule has 0 aromatic carbocycles. The molecule has 0 radical (unpaired) electrons. The van der Waals surface area contributed by atoms with E-state index in [1.807, 2.05) is 18.3 Å². The van der Waals surface area contributed by atoms with Crippen LogP contribution in [0.15, 0.2) is 16.4 Å². The fourth-order valence-electron chi connectivity index (χ4n) is 2.63. The summed E-state index contributed by atoms with van der Waals surface area (Å²) in [4.78, 5) is 8.35. The van der Waals surface area contributed by atoms with Gasteiger partial charge in [0.1, 0.15) is 0 Å². The summed E-state index contributed by atoms with van der Waals surface area (Å²) in [6, 6.07) is 2.75. The van der Waals surface area contributed by atoms with Crippen LogP contribution >= 0.6 is 11.3 Å². The molecule has 1 aromatic heterocycles. The van der Waals surface area contributed by atoms with Gasteiger partial charge in [-0.05, 0) is 37.3 Å². The van der Waals surface area contributed by atoms with E-state index < -0.39 is 0 Å². The second-order valence-electron chi connectivity index (χ2n) is 5.52. The van der Waals surface area contributed by atoms with Gasteiger partial charge in [0.05, 0.1) is 6.61 Å². The molecule has 0 amide bonds. The maximum atomic E-state index is 5.32. The minimum absolute atomic E-state index is 0.485. The third kappa shape index (κ3) is 4.97. The van der Waals surface area contributed by atoms with Crippen LogP contribution in [-0.4, -0.2) is 56.8 Å². The summed E-state index contributed by atoms with van der Waals surface area (Å²) in [5.74, 6) is 0.847. The molecule has 1 unspecified atom stereocenters. The molecule has 5 nitrogen and oxygen atoms in total. The molecule has 124 valence electrons. The van der Waals surface area contributed by atoms with Crippen LogP contribution in [0, 0.1) is 0 Å². The number of nitrogens with zero attached hydrogens (tertiary/aromatic N) is 2. The van der Waals surface area contributed by atoms with Crippen molar-refractivity contribution in [2.24, 2.45) is 4.99 Å². The monoisotopic (exact) mass is 324 g/mol. The van der Waals surface area contributed by atoms with E-state index in [4.69, 9.17) is 4.74 Å². The van der Waals surface area contributed by atoms with E-state index in [1.165, 1.54) is 12.0 Å². The molecule has 0 spiro atoms. The Hall–Kier alpha value is -1.11. The Labute approximate surface area is 137 Å². The topological polar surface area (TPSA) is 48.9 Å². The fourth-order valence-corrected chi connectivity index (χ4v) is 3.52. The zero-order valence-electron chi connectivity index (χ0n) is 13.9. The number of aliphatic imine (C=N–C) groups is 1. The van der Waals surface area contributed by atoms with Crippen LogP contribution in [0.5, 0.6) is 0 Å². The predicted octanol–water partition coefficient (Wildman–Crippen LogP) is 1.70. The van der Waals surface area contributed by atoms with Gasteiger partial charge in [0.2, 0.25) is 0 Å². The van der Waals surface area contributed by atoms with E-state index in [1.54, 1.807) is 11.9 Å². The highest BCUT2D eigenvalue weighted by molar-refractivity contribution is 7.10. The van der Waals surface area contributed by atoms with Crippen LogP contribution in [0.4, 0.5) is 0 Å². The third-order valence-corrected chi connectivity index (χ3v) is 5.02. The lowest BCUT2D eigenvalue weighted by Gasteiger charge is -2.32. The minimum Gasteiger partial charge on any atom is -0.380 e. The molecule has 0 saturated heterocycles. The van der Waals surface area contributed by atoms with Crippen LogP contribution in [0.3, 0.4) is 0 Å². The van der Waals surface area contributed by atoms with Crippen LogP contribution in [0.25, 0.3) is 0 Å². The van der Waals surface area contributed by atoms with Gasteiger partial charge in [0, 0.05) is 50.8 Å². The van der Waals surface area contributed by atoms with Gasteiger partial charge in [-0.1, -0.05) is 0 Å². The molecule has 1 atom stereocenters. The van der Waals surface area contributed by atoms with Gasteiger partial charge in [-0.2, -0.15) is 0 Å². The number of hydrogen-bond acceptors (Lipinski definition) is 4. The highest BCUT2D eigenvalue weighted by Gasteiger charge is 2.21. The molecule has 1 aliphatic heterocycles. The van der Waals surface area contributed by atoms with E-state index >= 15 is 0 Å². The van der Waals surface area contributed by atoms with E-state index in [9.17, 15) is 0 Å². The highest BCUT2D eigenvalue weighted by Crippen LogP contribution is 2.24. The van der Waals surface area contributed by atoms with Crippen molar-refractivity contribution in [2.75, 3.05) is 39.9 Å². The summed E-state index contributed by atoms with van der Waals surface area (Å²) in [6.07, 6.45) is 1.18. The average Bonchev–Trinajstić information content (AvgIpc) is 3.01. The molecule has 0 bridgehead atoms. The first-order valence-electron chi connectivity index (χ1n) is 8.06. The van der Waals surface area contributed by atoms with Crippen molar-refractivity contribution >= 4 is 17.3 Å². The number of hydrogen-bond donors (Lipinski definition) is 2. The van der Waals surface area contributed by atoms with Crippen molar-refractivity contribution in [2.45, 2.75) is 32.9 Å². The normalized spacial score (nSPS) is 17.1. The third-order valence-electron chi connectivity index (χ3n) is 3.99. The number of nitrogens with one attached hydrogen (secondary N) is 2. The Morgan fingerprint density at radius 2 is 2.36 bits per heavy atom. The zero-order chi connectivity index (χ0) is 15.8. The molecule has 1 aliphatic rings. The Bertz CT molecular complexity index is 474. The van der Waals surface area contributed by atoms with E-state index in [2.05, 4.69) is 38.9 Å². The molecule has 0 saturated carbocycles. The van der Waals surface area contributed by atoms with E-state index in [0.29, 0.717) is 12.6 Å². The van der Waals surface area contributed by atoms with E-state index in [-0.39, 0.29) is 0 Å². The molecular formula is C16H28N4OS. The molecule has 2 N–H and O–H groups in total. The maximum absolute atomic E-state index is 5.32. The Kier molecular flexibility index (Phi) is 7.15. The molecule has 0 aliphatic carbocycles. The van der Waals surface area contributed by atoms with Crippen molar-refractivity contribution in [1.29, 1.82) is 0 Å². The SMILES string of the molecule is CCOCCNC(=NC)NCC(C)N1CCc2sccc2C1. The minimum atomic E-state index is 0.485. The van der Waals surface area contributed by atoms with Crippen molar-refractivity contribution in [1.82, 2.24) is 15.5 Å². The highest BCUT2D eigenvalue weighted by atomic mass is 32.1. The molecule has 1 aromatic rings. The number of rotatable bonds is 7. The van der Waals surface area contributed by atoms with Gasteiger partial charge in [0.15, 0.2) is 5.96 Å². The largest absolute Gasteiger partial charge is 0.380 e. The van der Waals surface area contributed by atoms with Gasteiger partial charge in [0.25, 0.3) is 0 Å². The number of fused-ring (bicyclic) bond motifs is 1. The Morgan fingerprint density at radius 1 is 1.50 bits per heavy atom. The van der Waals surface area contributed by atoms with Crippen molar-refractivity contribution in [3.8, 4) is 0 Å². The van der Waals surface area contributed by atoms with Crippen LogP contribution < -0.4 is 10.6 Å². The summed E-state index contributed by atoms with van der Waals surface area (Å²) in [5, 5.41) is 8.89. The average molecular weight is 324 g/mol. The summed E-state index contributed by atoms with van der Waals surface area (Å²) in [6.45, 7) is 9.64. The van der Waals surface area contributed by atoms with Crippen LogP contribution in [-0.2, 0) is 17.7 Å². The first-order chi connectivity index (χ1) is 10.7. The first kappa shape index (κ1) is 17.2. The van der Waals surface area contributed by atoms with Gasteiger partial charge in [-0.25, -0.2) is 0 Å². The first-order valence-corrected chi connectivity index (χ1v) is 8.94. The predicted molar refractivity (Wildman–Crippen MR) is 93.8 cm³/mol. The Morgan fingerprint density at radius 3 is 3.14 bits per heavy atom. The molecule has 6 heteroatoms. The maximum Gasteiger partial charge on any atom is 0.191 e. The summed E-state index contributed by atoms with van der Waals surface area (Å²) in [5.41, 5.74) is 1.50. The van der Waals surface area contributed by atoms with Gasteiger partial charge < -0.3 is 15.4 Å². The lowest BCUT2D eigenvalue weighted by molar-refractivity contribution is 0.152. The number of ether oxygens (including phenoxy) is 1. The molecule has 0 fully saturated rings. The van der Waals surface area contributed by atoms with Crippen molar-refractivity contribution < 1.29 is 4.74 Å². The summed E-state index contributed by atoms with van der Waals surface area (Å²) in [7, 11) is 1.80. The molecule has 2 heterocycles. The van der Waals surface area contributed by atoms with Gasteiger partial charge in [-0.15, -0.1) is 11.3 Å².